The maximum atomic E-state index is 13.4. The van der Waals surface area contributed by atoms with Crippen LogP contribution in [0.3, 0.4) is 0 Å². The summed E-state index contributed by atoms with van der Waals surface area (Å²) in [4.78, 5) is 13.4. The van der Waals surface area contributed by atoms with Crippen LogP contribution in [0.25, 0.3) is 21.9 Å². The number of halogens is 2. The highest BCUT2D eigenvalue weighted by molar-refractivity contribution is 14.1. The van der Waals surface area contributed by atoms with Crippen LogP contribution in [-0.2, 0) is 0 Å². The second kappa shape index (κ2) is 12.8. The minimum Gasteiger partial charge on any atom is -0.457 e. The Balaban J connectivity index is 1.16. The van der Waals surface area contributed by atoms with Crippen molar-refractivity contribution in [1.29, 1.82) is 0 Å². The SMILES string of the molecule is O=c1c2ccc(Oc3cc(I)cc(Oc4ccccc4)c3)cc2oc2cc(Oc3cc(I)cc(Oc4ccccc4)c3)ccc12. The number of benzene rings is 6. The minimum atomic E-state index is -0.134. The zero-order valence-corrected chi connectivity index (χ0v) is 27.7. The van der Waals surface area contributed by atoms with Crippen LogP contribution in [0.1, 0.15) is 0 Å². The summed E-state index contributed by atoms with van der Waals surface area (Å²) in [6.45, 7) is 0. The lowest BCUT2D eigenvalue weighted by molar-refractivity contribution is 0.459. The maximum absolute atomic E-state index is 13.4. The van der Waals surface area contributed by atoms with Crippen LogP contribution in [0.15, 0.2) is 143 Å². The molecule has 7 aromatic rings. The zero-order valence-electron chi connectivity index (χ0n) is 23.4. The Morgan fingerprint density at radius 1 is 0.400 bits per heavy atom. The number of ether oxygens (including phenoxy) is 4. The molecule has 0 spiro atoms. The highest BCUT2D eigenvalue weighted by atomic mass is 127. The van der Waals surface area contributed by atoms with E-state index in [9.17, 15) is 4.79 Å². The topological polar surface area (TPSA) is 67.1 Å². The summed E-state index contributed by atoms with van der Waals surface area (Å²) in [5, 5.41) is 0.916. The standard InChI is InChI=1S/C37H22I2O6/c38-23-15-29(41-25-7-3-1-4-8-25)19-31(17-23)43-27-11-13-33-35(21-27)45-36-22-28(12-14-34(36)37(33)40)44-32-18-24(39)16-30(20-32)42-26-9-5-2-6-10-26/h1-22H. The molecule has 0 saturated carbocycles. The van der Waals surface area contributed by atoms with Gasteiger partial charge in [0.15, 0.2) is 0 Å². The Hall–Kier alpha value is -4.55. The molecule has 0 unspecified atom stereocenters. The van der Waals surface area contributed by atoms with Gasteiger partial charge in [0.25, 0.3) is 0 Å². The summed E-state index contributed by atoms with van der Waals surface area (Å²) in [6.07, 6.45) is 0. The third-order valence-corrected chi connectivity index (χ3v) is 7.98. The Morgan fingerprint density at radius 2 is 0.778 bits per heavy atom. The molecule has 6 nitrogen and oxygen atoms in total. The first kappa shape index (κ1) is 29.2. The van der Waals surface area contributed by atoms with Crippen molar-refractivity contribution in [3.63, 3.8) is 0 Å². The summed E-state index contributed by atoms with van der Waals surface area (Å²) in [6, 6.07) is 40.8. The monoisotopic (exact) mass is 816 g/mol. The van der Waals surface area contributed by atoms with E-state index in [2.05, 4.69) is 45.2 Å². The van der Waals surface area contributed by atoms with Crippen LogP contribution in [0.4, 0.5) is 0 Å². The van der Waals surface area contributed by atoms with E-state index in [1.807, 2.05) is 97.1 Å². The average molecular weight is 816 g/mol. The van der Waals surface area contributed by atoms with E-state index in [1.54, 1.807) is 36.4 Å². The number of fused-ring (bicyclic) bond motifs is 2. The third kappa shape index (κ3) is 6.91. The molecule has 0 saturated heterocycles. The van der Waals surface area contributed by atoms with Crippen molar-refractivity contribution >= 4 is 67.1 Å². The molecule has 0 radical (unpaired) electrons. The van der Waals surface area contributed by atoms with Gasteiger partial charge in [0.05, 0.1) is 10.8 Å². The van der Waals surface area contributed by atoms with Crippen molar-refractivity contribution < 1.29 is 23.4 Å². The molecule has 45 heavy (non-hydrogen) atoms. The highest BCUT2D eigenvalue weighted by Crippen LogP contribution is 2.34. The molecular formula is C37H22I2O6. The molecule has 0 fully saturated rings. The average Bonchev–Trinajstić information content (AvgIpc) is 3.01. The Bertz CT molecular complexity index is 2060. The van der Waals surface area contributed by atoms with Gasteiger partial charge < -0.3 is 23.4 Å². The molecule has 220 valence electrons. The van der Waals surface area contributed by atoms with Crippen molar-refractivity contribution in [3.05, 3.63) is 151 Å². The van der Waals surface area contributed by atoms with E-state index in [0.717, 1.165) is 18.6 Å². The molecule has 0 atom stereocenters. The van der Waals surface area contributed by atoms with E-state index in [0.29, 0.717) is 56.4 Å². The van der Waals surface area contributed by atoms with Crippen LogP contribution < -0.4 is 24.4 Å². The first-order chi connectivity index (χ1) is 21.9. The van der Waals surface area contributed by atoms with Crippen molar-refractivity contribution in [1.82, 2.24) is 0 Å². The number of hydrogen-bond acceptors (Lipinski definition) is 6. The van der Waals surface area contributed by atoms with Crippen LogP contribution in [0, 0.1) is 7.14 Å². The number of rotatable bonds is 8. The summed E-state index contributed by atoms with van der Waals surface area (Å²) in [5.74, 6) is 5.01. The van der Waals surface area contributed by atoms with Gasteiger partial charge in [-0.1, -0.05) is 36.4 Å². The predicted molar refractivity (Wildman–Crippen MR) is 191 cm³/mol. The van der Waals surface area contributed by atoms with Crippen molar-refractivity contribution in [2.75, 3.05) is 0 Å². The minimum absolute atomic E-state index is 0.134. The van der Waals surface area contributed by atoms with Gasteiger partial charge in [-0.3, -0.25) is 4.79 Å². The van der Waals surface area contributed by atoms with E-state index in [4.69, 9.17) is 23.4 Å². The quantitative estimate of drug-likeness (QED) is 0.112. The number of hydrogen-bond donors (Lipinski definition) is 0. The molecule has 7 rings (SSSR count). The molecule has 0 aliphatic heterocycles. The summed E-state index contributed by atoms with van der Waals surface area (Å²) >= 11 is 4.45. The molecule has 0 amide bonds. The molecule has 0 N–H and O–H groups in total. The Morgan fingerprint density at radius 3 is 1.18 bits per heavy atom. The molecule has 8 heteroatoms. The van der Waals surface area contributed by atoms with Crippen LogP contribution >= 0.6 is 45.2 Å². The molecular weight excluding hydrogens is 794 g/mol. The third-order valence-electron chi connectivity index (χ3n) is 6.73. The fourth-order valence-electron chi connectivity index (χ4n) is 4.77. The largest absolute Gasteiger partial charge is 0.457 e. The summed E-state index contributed by atoms with van der Waals surface area (Å²) < 4.78 is 32.5. The van der Waals surface area contributed by atoms with Gasteiger partial charge >= 0.3 is 0 Å². The summed E-state index contributed by atoms with van der Waals surface area (Å²) in [5.41, 5.74) is 0.674. The second-order valence-electron chi connectivity index (χ2n) is 10.0. The van der Waals surface area contributed by atoms with Gasteiger partial charge in [-0.2, -0.15) is 0 Å². The second-order valence-corrected chi connectivity index (χ2v) is 12.5. The Labute approximate surface area is 285 Å². The molecule has 1 aromatic heterocycles. The van der Waals surface area contributed by atoms with Gasteiger partial charge in [-0.05, 0) is 118 Å². The fourth-order valence-corrected chi connectivity index (χ4v) is 6.00. The van der Waals surface area contributed by atoms with Crippen LogP contribution in [0.2, 0.25) is 0 Å². The first-order valence-electron chi connectivity index (χ1n) is 13.9. The van der Waals surface area contributed by atoms with Gasteiger partial charge in [0, 0.05) is 31.4 Å². The summed E-state index contributed by atoms with van der Waals surface area (Å²) in [7, 11) is 0. The van der Waals surface area contributed by atoms with E-state index in [1.165, 1.54) is 0 Å². The highest BCUT2D eigenvalue weighted by Gasteiger charge is 2.13. The van der Waals surface area contributed by atoms with Crippen LogP contribution in [0.5, 0.6) is 46.0 Å². The molecule has 6 aromatic carbocycles. The van der Waals surface area contributed by atoms with Gasteiger partial charge in [0.2, 0.25) is 5.43 Å². The molecule has 0 bridgehead atoms. The van der Waals surface area contributed by atoms with E-state index >= 15 is 0 Å². The zero-order chi connectivity index (χ0) is 30.8. The molecule has 0 aliphatic carbocycles. The Kier molecular flexibility index (Phi) is 8.31. The first-order valence-corrected chi connectivity index (χ1v) is 16.0. The molecule has 1 heterocycles. The maximum Gasteiger partial charge on any atom is 0.200 e. The van der Waals surface area contributed by atoms with Crippen molar-refractivity contribution in [2.24, 2.45) is 0 Å². The lowest BCUT2D eigenvalue weighted by Crippen LogP contribution is -2.02. The van der Waals surface area contributed by atoms with Crippen molar-refractivity contribution in [3.8, 4) is 46.0 Å². The predicted octanol–water partition coefficient (Wildman–Crippen LogP) is 11.3. The lowest BCUT2D eigenvalue weighted by atomic mass is 10.1. The van der Waals surface area contributed by atoms with Crippen LogP contribution in [-0.4, -0.2) is 0 Å². The smallest absolute Gasteiger partial charge is 0.200 e. The number of para-hydroxylation sites is 2. The normalized spacial score (nSPS) is 11.0. The van der Waals surface area contributed by atoms with Gasteiger partial charge in [-0.25, -0.2) is 0 Å². The lowest BCUT2D eigenvalue weighted by Gasteiger charge is -2.12. The van der Waals surface area contributed by atoms with Gasteiger partial charge in [-0.15, -0.1) is 0 Å². The molecule has 0 aliphatic rings. The fraction of sp³-hybridized carbons (Fsp3) is 0. The van der Waals surface area contributed by atoms with E-state index < -0.39 is 0 Å². The van der Waals surface area contributed by atoms with Gasteiger partial charge in [0.1, 0.15) is 57.2 Å². The van der Waals surface area contributed by atoms with E-state index in [-0.39, 0.29) is 5.43 Å². The van der Waals surface area contributed by atoms with Crippen molar-refractivity contribution in [2.45, 2.75) is 0 Å².